The molecule has 1 rings (SSSR count). The summed E-state index contributed by atoms with van der Waals surface area (Å²) in [5.41, 5.74) is 0. The van der Waals surface area contributed by atoms with Crippen LogP contribution in [0.1, 0.15) is 24.5 Å². The van der Waals surface area contributed by atoms with Crippen molar-refractivity contribution in [3.63, 3.8) is 0 Å². The molecule has 0 atom stereocenters. The fourth-order valence-electron chi connectivity index (χ4n) is 1.10. The molecular formula is C10H14N4O5. The Kier molecular flexibility index (Phi) is 5.33. The van der Waals surface area contributed by atoms with Crippen molar-refractivity contribution in [3.05, 3.63) is 12.0 Å². The first kappa shape index (κ1) is 14.5. The molecule has 1 aromatic heterocycles. The SMILES string of the molecule is CCOC(=O)NC(=O)Nc1cnc(C(=O)OCC)[nH]1. The normalized spacial score (nSPS) is 9.58. The van der Waals surface area contributed by atoms with Crippen LogP contribution in [-0.4, -0.2) is 41.3 Å². The minimum absolute atomic E-state index is 0.0479. The maximum Gasteiger partial charge on any atom is 0.415 e. The zero-order valence-corrected chi connectivity index (χ0v) is 10.5. The van der Waals surface area contributed by atoms with Crippen LogP contribution in [-0.2, 0) is 9.47 Å². The summed E-state index contributed by atoms with van der Waals surface area (Å²) in [6.07, 6.45) is 0.349. The minimum Gasteiger partial charge on any atom is -0.460 e. The van der Waals surface area contributed by atoms with Gasteiger partial charge in [0.2, 0.25) is 5.82 Å². The Hall–Kier alpha value is -2.58. The van der Waals surface area contributed by atoms with Crippen molar-refractivity contribution in [3.8, 4) is 0 Å². The van der Waals surface area contributed by atoms with Crippen molar-refractivity contribution < 1.29 is 23.9 Å². The van der Waals surface area contributed by atoms with Gasteiger partial charge in [-0.05, 0) is 13.8 Å². The number of imidazole rings is 1. The Balaban J connectivity index is 2.51. The van der Waals surface area contributed by atoms with E-state index in [1.54, 1.807) is 13.8 Å². The monoisotopic (exact) mass is 270 g/mol. The van der Waals surface area contributed by atoms with Gasteiger partial charge in [-0.15, -0.1) is 0 Å². The van der Waals surface area contributed by atoms with E-state index in [4.69, 9.17) is 4.74 Å². The van der Waals surface area contributed by atoms with Crippen molar-refractivity contribution in [2.24, 2.45) is 0 Å². The molecule has 0 aliphatic carbocycles. The number of urea groups is 1. The number of hydrogen-bond donors (Lipinski definition) is 3. The molecule has 0 radical (unpaired) electrons. The summed E-state index contributed by atoms with van der Waals surface area (Å²) in [5, 5.41) is 4.19. The maximum absolute atomic E-state index is 11.3. The van der Waals surface area contributed by atoms with Crippen LogP contribution in [0.2, 0.25) is 0 Å². The highest BCUT2D eigenvalue weighted by atomic mass is 16.5. The van der Waals surface area contributed by atoms with Crippen molar-refractivity contribution in [1.82, 2.24) is 15.3 Å². The van der Waals surface area contributed by atoms with Gasteiger partial charge in [0, 0.05) is 0 Å². The van der Waals surface area contributed by atoms with Gasteiger partial charge in [0.15, 0.2) is 0 Å². The van der Waals surface area contributed by atoms with Gasteiger partial charge < -0.3 is 14.5 Å². The third-order valence-corrected chi connectivity index (χ3v) is 1.78. The van der Waals surface area contributed by atoms with Crippen LogP contribution in [0, 0.1) is 0 Å². The zero-order valence-electron chi connectivity index (χ0n) is 10.5. The lowest BCUT2D eigenvalue weighted by Gasteiger charge is -2.04. The Morgan fingerprint density at radius 2 is 1.95 bits per heavy atom. The predicted octanol–water partition coefficient (Wildman–Crippen LogP) is 0.864. The van der Waals surface area contributed by atoms with E-state index in [0.29, 0.717) is 0 Å². The number of anilines is 1. The van der Waals surface area contributed by atoms with E-state index in [0.717, 1.165) is 0 Å². The van der Waals surface area contributed by atoms with E-state index in [9.17, 15) is 14.4 Å². The smallest absolute Gasteiger partial charge is 0.415 e. The number of carbonyl (C=O) groups excluding carboxylic acids is 3. The van der Waals surface area contributed by atoms with Gasteiger partial charge in [0.25, 0.3) is 0 Å². The van der Waals surface area contributed by atoms with Crippen LogP contribution in [0.15, 0.2) is 6.20 Å². The third kappa shape index (κ3) is 4.66. The summed E-state index contributed by atoms with van der Waals surface area (Å²) in [6.45, 7) is 3.63. The summed E-state index contributed by atoms with van der Waals surface area (Å²) in [6, 6.07) is -0.808. The zero-order chi connectivity index (χ0) is 14.3. The average molecular weight is 270 g/mol. The molecule has 0 fully saturated rings. The number of carbonyl (C=O) groups is 3. The fraction of sp³-hybridized carbons (Fsp3) is 0.400. The van der Waals surface area contributed by atoms with Gasteiger partial charge in [-0.3, -0.25) is 5.32 Å². The number of aromatic amines is 1. The van der Waals surface area contributed by atoms with Gasteiger partial charge in [-0.2, -0.15) is 0 Å². The van der Waals surface area contributed by atoms with E-state index in [2.05, 4.69) is 20.0 Å². The number of amides is 3. The molecule has 3 amide bonds. The highest BCUT2D eigenvalue weighted by molar-refractivity contribution is 5.98. The number of aromatic nitrogens is 2. The van der Waals surface area contributed by atoms with E-state index in [1.165, 1.54) is 6.20 Å². The van der Waals surface area contributed by atoms with E-state index in [-0.39, 0.29) is 24.9 Å². The number of esters is 1. The number of imide groups is 1. The van der Waals surface area contributed by atoms with Crippen LogP contribution in [0.4, 0.5) is 15.4 Å². The van der Waals surface area contributed by atoms with Gasteiger partial charge in [0.05, 0.1) is 19.4 Å². The van der Waals surface area contributed by atoms with Crippen LogP contribution in [0.5, 0.6) is 0 Å². The summed E-state index contributed by atoms with van der Waals surface area (Å²) in [4.78, 5) is 39.8. The highest BCUT2D eigenvalue weighted by Gasteiger charge is 2.13. The Morgan fingerprint density at radius 1 is 1.26 bits per heavy atom. The molecule has 0 saturated carbocycles. The van der Waals surface area contributed by atoms with E-state index < -0.39 is 18.1 Å². The molecule has 0 aliphatic rings. The lowest BCUT2D eigenvalue weighted by molar-refractivity contribution is 0.0513. The number of alkyl carbamates (subject to hydrolysis) is 1. The molecule has 1 heterocycles. The summed E-state index contributed by atoms with van der Waals surface area (Å²) >= 11 is 0. The van der Waals surface area contributed by atoms with Crippen molar-refractivity contribution in [2.45, 2.75) is 13.8 Å². The third-order valence-electron chi connectivity index (χ3n) is 1.78. The molecule has 0 saturated heterocycles. The lowest BCUT2D eigenvalue weighted by Crippen LogP contribution is -2.34. The van der Waals surface area contributed by atoms with E-state index in [1.807, 2.05) is 5.32 Å². The molecule has 1 aromatic rings. The standard InChI is InChI=1S/C10H14N4O5/c1-3-18-8(15)7-11-5-6(12-7)13-9(16)14-10(17)19-4-2/h5H,3-4H2,1-2H3,(H,11,12)(H2,13,14,16,17). The Labute approximate surface area is 108 Å². The predicted molar refractivity (Wildman–Crippen MR) is 63.7 cm³/mol. The van der Waals surface area contributed by atoms with Gasteiger partial charge in [-0.1, -0.05) is 0 Å². The summed E-state index contributed by atoms with van der Waals surface area (Å²) in [5.74, 6) is -0.542. The van der Waals surface area contributed by atoms with Gasteiger partial charge in [-0.25, -0.2) is 24.7 Å². The molecule has 104 valence electrons. The second kappa shape index (κ2) is 6.99. The number of nitrogens with one attached hydrogen (secondary N) is 3. The first-order chi connectivity index (χ1) is 9.06. The van der Waals surface area contributed by atoms with Crippen molar-refractivity contribution in [2.75, 3.05) is 18.5 Å². The number of H-pyrrole nitrogens is 1. The first-order valence-corrected chi connectivity index (χ1v) is 5.53. The molecule has 9 nitrogen and oxygen atoms in total. The number of nitrogens with zero attached hydrogens (tertiary/aromatic N) is 1. The number of rotatable bonds is 4. The Morgan fingerprint density at radius 3 is 2.58 bits per heavy atom. The molecule has 0 aliphatic heterocycles. The molecule has 0 aromatic carbocycles. The second-order valence-electron chi connectivity index (χ2n) is 3.17. The topological polar surface area (TPSA) is 122 Å². The summed E-state index contributed by atoms with van der Waals surface area (Å²) < 4.78 is 9.22. The average Bonchev–Trinajstić information content (AvgIpc) is 2.77. The first-order valence-electron chi connectivity index (χ1n) is 5.53. The molecule has 9 heteroatoms. The molecule has 0 bridgehead atoms. The molecule has 19 heavy (non-hydrogen) atoms. The largest absolute Gasteiger partial charge is 0.460 e. The lowest BCUT2D eigenvalue weighted by atomic mass is 10.6. The quantitative estimate of drug-likeness (QED) is 0.697. The number of hydrogen-bond acceptors (Lipinski definition) is 6. The van der Waals surface area contributed by atoms with Gasteiger partial charge >= 0.3 is 18.1 Å². The highest BCUT2D eigenvalue weighted by Crippen LogP contribution is 2.04. The Bertz CT molecular complexity index is 470. The maximum atomic E-state index is 11.3. The molecule has 0 spiro atoms. The fourth-order valence-corrected chi connectivity index (χ4v) is 1.10. The number of ether oxygens (including phenoxy) is 2. The summed E-state index contributed by atoms with van der Waals surface area (Å²) in [7, 11) is 0. The van der Waals surface area contributed by atoms with Crippen LogP contribution in [0.25, 0.3) is 0 Å². The van der Waals surface area contributed by atoms with Crippen molar-refractivity contribution in [1.29, 1.82) is 0 Å². The van der Waals surface area contributed by atoms with E-state index >= 15 is 0 Å². The molecule has 0 unspecified atom stereocenters. The molecular weight excluding hydrogens is 256 g/mol. The van der Waals surface area contributed by atoms with Crippen molar-refractivity contribution >= 4 is 23.9 Å². The second-order valence-corrected chi connectivity index (χ2v) is 3.17. The van der Waals surface area contributed by atoms with Crippen LogP contribution >= 0.6 is 0 Å². The van der Waals surface area contributed by atoms with Gasteiger partial charge in [0.1, 0.15) is 5.82 Å². The molecule has 3 N–H and O–H groups in total. The van der Waals surface area contributed by atoms with Crippen LogP contribution < -0.4 is 10.6 Å². The minimum atomic E-state index is -0.870. The van der Waals surface area contributed by atoms with Crippen LogP contribution in [0.3, 0.4) is 0 Å².